The molecule has 144 valence electrons. The van der Waals surface area contributed by atoms with Crippen molar-refractivity contribution in [3.63, 3.8) is 0 Å². The van der Waals surface area contributed by atoms with Crippen LogP contribution in [-0.2, 0) is 21.3 Å². The molecule has 0 spiro atoms. The highest BCUT2D eigenvalue weighted by Crippen LogP contribution is 2.26. The summed E-state index contributed by atoms with van der Waals surface area (Å²) in [4.78, 5) is 4.89. The molecule has 3 rings (SSSR count). The van der Waals surface area contributed by atoms with E-state index < -0.39 is 10.0 Å². The smallest absolute Gasteiger partial charge is 0.240 e. The van der Waals surface area contributed by atoms with E-state index in [2.05, 4.69) is 14.3 Å². The van der Waals surface area contributed by atoms with E-state index in [4.69, 9.17) is 16.3 Å². The number of hydrogen-bond acceptors (Lipinski definition) is 5. The zero-order valence-electron chi connectivity index (χ0n) is 14.8. The summed E-state index contributed by atoms with van der Waals surface area (Å²) in [6.45, 7) is 1.52. The van der Waals surface area contributed by atoms with Crippen LogP contribution < -0.4 is 4.72 Å². The molecule has 0 aliphatic rings. The van der Waals surface area contributed by atoms with Crippen molar-refractivity contribution in [1.29, 1.82) is 0 Å². The number of imidazole rings is 1. The zero-order chi connectivity index (χ0) is 19.3. The lowest BCUT2D eigenvalue weighted by Gasteiger charge is -2.09. The average Bonchev–Trinajstić information content (AvgIpc) is 3.00. The minimum absolute atomic E-state index is 0.261. The molecular formula is C18H20ClN3O3S2. The van der Waals surface area contributed by atoms with Crippen molar-refractivity contribution in [2.75, 3.05) is 26.0 Å². The first-order valence-electron chi connectivity index (χ1n) is 8.33. The fourth-order valence-electron chi connectivity index (χ4n) is 2.59. The second kappa shape index (κ2) is 9.07. The summed E-state index contributed by atoms with van der Waals surface area (Å²) in [5, 5.41) is 1.44. The van der Waals surface area contributed by atoms with Gasteiger partial charge in [0.1, 0.15) is 0 Å². The van der Waals surface area contributed by atoms with Gasteiger partial charge in [-0.15, -0.1) is 0 Å². The van der Waals surface area contributed by atoms with Crippen molar-refractivity contribution in [1.82, 2.24) is 14.3 Å². The number of rotatable bonds is 9. The standard InChI is InChI=1S/C18H20ClN3O3S2/c1-25-11-10-22-17-8-7-14(19)13-16(17)21-18(22)26-12-9-20-27(23,24)15-5-3-2-4-6-15/h2-8,13,20H,9-12H2,1H3. The monoisotopic (exact) mass is 425 g/mol. The first-order chi connectivity index (χ1) is 13.0. The Bertz CT molecular complexity index is 1010. The predicted molar refractivity (Wildman–Crippen MR) is 109 cm³/mol. The maximum Gasteiger partial charge on any atom is 0.240 e. The number of sulfonamides is 1. The lowest BCUT2D eigenvalue weighted by atomic mass is 10.3. The quantitative estimate of drug-likeness (QED) is 0.420. The highest BCUT2D eigenvalue weighted by Gasteiger charge is 2.14. The summed E-state index contributed by atoms with van der Waals surface area (Å²) in [5.74, 6) is 0.552. The fourth-order valence-corrected chi connectivity index (χ4v) is 4.83. The van der Waals surface area contributed by atoms with Crippen molar-refractivity contribution in [2.45, 2.75) is 16.6 Å². The van der Waals surface area contributed by atoms with Crippen molar-refractivity contribution in [3.05, 3.63) is 53.6 Å². The van der Waals surface area contributed by atoms with Gasteiger partial charge in [-0.05, 0) is 30.3 Å². The summed E-state index contributed by atoms with van der Waals surface area (Å²) < 4.78 is 34.4. The van der Waals surface area contributed by atoms with E-state index >= 15 is 0 Å². The van der Waals surface area contributed by atoms with E-state index in [-0.39, 0.29) is 4.90 Å². The van der Waals surface area contributed by atoms with Gasteiger partial charge in [-0.1, -0.05) is 41.6 Å². The number of nitrogens with zero attached hydrogens (tertiary/aromatic N) is 2. The molecule has 0 radical (unpaired) electrons. The Morgan fingerprint density at radius 1 is 1.22 bits per heavy atom. The van der Waals surface area contributed by atoms with E-state index in [1.807, 2.05) is 18.2 Å². The number of fused-ring (bicyclic) bond motifs is 1. The van der Waals surface area contributed by atoms with Gasteiger partial charge in [0.15, 0.2) is 5.16 Å². The molecule has 2 aromatic carbocycles. The second-order valence-corrected chi connectivity index (χ2v) is 9.00. The van der Waals surface area contributed by atoms with Crippen LogP contribution >= 0.6 is 23.4 Å². The van der Waals surface area contributed by atoms with Gasteiger partial charge in [0, 0.05) is 31.0 Å². The normalized spacial score (nSPS) is 11.9. The third-order valence-corrected chi connectivity index (χ3v) is 6.56. The van der Waals surface area contributed by atoms with Gasteiger partial charge in [0.25, 0.3) is 0 Å². The van der Waals surface area contributed by atoms with Crippen LogP contribution in [0.3, 0.4) is 0 Å². The molecule has 1 N–H and O–H groups in total. The molecule has 0 saturated heterocycles. The maximum absolute atomic E-state index is 12.3. The molecule has 1 heterocycles. The van der Waals surface area contributed by atoms with Crippen molar-refractivity contribution < 1.29 is 13.2 Å². The largest absolute Gasteiger partial charge is 0.383 e. The summed E-state index contributed by atoms with van der Waals surface area (Å²) in [6.07, 6.45) is 0. The third kappa shape index (κ3) is 5.03. The number of ether oxygens (including phenoxy) is 1. The molecular weight excluding hydrogens is 406 g/mol. The third-order valence-electron chi connectivity index (χ3n) is 3.87. The van der Waals surface area contributed by atoms with E-state index in [0.29, 0.717) is 30.5 Å². The van der Waals surface area contributed by atoms with Crippen molar-refractivity contribution >= 4 is 44.4 Å². The van der Waals surface area contributed by atoms with Gasteiger partial charge >= 0.3 is 0 Å². The van der Waals surface area contributed by atoms with Gasteiger partial charge in [0.2, 0.25) is 10.0 Å². The van der Waals surface area contributed by atoms with Crippen molar-refractivity contribution in [2.24, 2.45) is 0 Å². The fraction of sp³-hybridized carbons (Fsp3) is 0.278. The molecule has 0 bridgehead atoms. The van der Waals surface area contributed by atoms with E-state index in [1.54, 1.807) is 37.4 Å². The number of aromatic nitrogens is 2. The maximum atomic E-state index is 12.3. The SMILES string of the molecule is COCCn1c(SCCNS(=O)(=O)c2ccccc2)nc2cc(Cl)ccc21. The van der Waals surface area contributed by atoms with Gasteiger partial charge in [-0.3, -0.25) is 0 Å². The molecule has 0 saturated carbocycles. The lowest BCUT2D eigenvalue weighted by molar-refractivity contribution is 0.186. The van der Waals surface area contributed by atoms with Crippen LogP contribution in [0.4, 0.5) is 0 Å². The number of benzene rings is 2. The molecule has 0 aliphatic heterocycles. The topological polar surface area (TPSA) is 73.2 Å². The molecule has 0 aliphatic carbocycles. The molecule has 9 heteroatoms. The minimum atomic E-state index is -3.50. The van der Waals surface area contributed by atoms with Crippen molar-refractivity contribution in [3.8, 4) is 0 Å². The summed E-state index contributed by atoms with van der Waals surface area (Å²) in [5.41, 5.74) is 1.79. The van der Waals surface area contributed by atoms with Gasteiger partial charge in [-0.25, -0.2) is 18.1 Å². The summed E-state index contributed by atoms with van der Waals surface area (Å²) in [6, 6.07) is 13.9. The van der Waals surface area contributed by atoms with Crippen LogP contribution in [0, 0.1) is 0 Å². The molecule has 0 atom stereocenters. The number of hydrogen-bond donors (Lipinski definition) is 1. The van der Waals surface area contributed by atoms with E-state index in [9.17, 15) is 8.42 Å². The molecule has 6 nitrogen and oxygen atoms in total. The number of methoxy groups -OCH3 is 1. The highest BCUT2D eigenvalue weighted by molar-refractivity contribution is 7.99. The number of halogens is 1. The number of nitrogens with one attached hydrogen (secondary N) is 1. The Kier molecular flexibility index (Phi) is 6.78. The number of thioether (sulfide) groups is 1. The van der Waals surface area contributed by atoms with E-state index in [1.165, 1.54) is 11.8 Å². The van der Waals surface area contributed by atoms with Crippen LogP contribution in [0.2, 0.25) is 5.02 Å². The Morgan fingerprint density at radius 2 is 2.00 bits per heavy atom. The van der Waals surface area contributed by atoms with Crippen LogP contribution in [0.5, 0.6) is 0 Å². The van der Waals surface area contributed by atoms with Gasteiger partial charge < -0.3 is 9.30 Å². The summed E-state index contributed by atoms with van der Waals surface area (Å²) in [7, 11) is -1.84. The molecule has 0 unspecified atom stereocenters. The first-order valence-corrected chi connectivity index (χ1v) is 11.2. The molecule has 3 aromatic rings. The Balaban J connectivity index is 1.67. The summed E-state index contributed by atoms with van der Waals surface area (Å²) >= 11 is 7.55. The highest BCUT2D eigenvalue weighted by atomic mass is 35.5. The zero-order valence-corrected chi connectivity index (χ0v) is 17.1. The minimum Gasteiger partial charge on any atom is -0.383 e. The second-order valence-electron chi connectivity index (χ2n) is 5.73. The van der Waals surface area contributed by atoms with Crippen LogP contribution in [0.15, 0.2) is 58.6 Å². The molecule has 27 heavy (non-hydrogen) atoms. The lowest BCUT2D eigenvalue weighted by Crippen LogP contribution is -2.26. The molecule has 0 fully saturated rings. The van der Waals surface area contributed by atoms with Crippen LogP contribution in [-0.4, -0.2) is 44.0 Å². The molecule has 1 aromatic heterocycles. The van der Waals surface area contributed by atoms with Crippen LogP contribution in [0.1, 0.15) is 0 Å². The molecule has 0 amide bonds. The van der Waals surface area contributed by atoms with Gasteiger partial charge in [0.05, 0.1) is 22.5 Å². The van der Waals surface area contributed by atoms with Gasteiger partial charge in [-0.2, -0.15) is 0 Å². The Hall–Kier alpha value is -1.58. The van der Waals surface area contributed by atoms with Crippen LogP contribution in [0.25, 0.3) is 11.0 Å². The average molecular weight is 426 g/mol. The Morgan fingerprint density at radius 3 is 2.74 bits per heavy atom. The van der Waals surface area contributed by atoms with E-state index in [0.717, 1.165) is 16.2 Å². The predicted octanol–water partition coefficient (Wildman–Crippen LogP) is 3.41. The first kappa shape index (κ1) is 20.2. The Labute approximate surface area is 167 Å².